The molecule has 7 nitrogen and oxygen atoms in total. The maximum Gasteiger partial charge on any atom is 0.372 e. The van der Waals surface area contributed by atoms with Crippen LogP contribution in [0.2, 0.25) is 0 Å². The van der Waals surface area contributed by atoms with Gasteiger partial charge in [0.15, 0.2) is 0 Å². The molecule has 0 saturated carbocycles. The highest BCUT2D eigenvalue weighted by Crippen LogP contribution is 2.11. The Labute approximate surface area is 175 Å². The van der Waals surface area contributed by atoms with E-state index in [9.17, 15) is 14.4 Å². The SMILES string of the molecule is CCCCCCCCCCCCCOCCOCCOC(=O)CCC(=O)C(=O)O. The van der Waals surface area contributed by atoms with Crippen molar-refractivity contribution >= 4 is 17.7 Å². The summed E-state index contributed by atoms with van der Waals surface area (Å²) >= 11 is 0. The smallest absolute Gasteiger partial charge is 0.372 e. The second-order valence-electron chi connectivity index (χ2n) is 7.21. The number of carboxylic acids is 1. The Morgan fingerprint density at radius 3 is 1.66 bits per heavy atom. The Morgan fingerprint density at radius 2 is 1.10 bits per heavy atom. The summed E-state index contributed by atoms with van der Waals surface area (Å²) in [5.41, 5.74) is 0. The lowest BCUT2D eigenvalue weighted by Crippen LogP contribution is -2.17. The molecule has 0 aliphatic heterocycles. The van der Waals surface area contributed by atoms with Crippen molar-refractivity contribution in [3.8, 4) is 0 Å². The van der Waals surface area contributed by atoms with Crippen LogP contribution in [0.15, 0.2) is 0 Å². The van der Waals surface area contributed by atoms with E-state index in [1.165, 1.54) is 64.2 Å². The monoisotopic (exact) mass is 416 g/mol. The molecule has 0 spiro atoms. The van der Waals surface area contributed by atoms with Gasteiger partial charge >= 0.3 is 11.9 Å². The summed E-state index contributed by atoms with van der Waals surface area (Å²) in [5, 5.41) is 8.40. The molecule has 29 heavy (non-hydrogen) atoms. The third kappa shape index (κ3) is 21.1. The average molecular weight is 417 g/mol. The Kier molecular flexibility index (Phi) is 20.2. The van der Waals surface area contributed by atoms with Crippen LogP contribution >= 0.6 is 0 Å². The second-order valence-corrected chi connectivity index (χ2v) is 7.21. The molecule has 0 aromatic rings. The van der Waals surface area contributed by atoms with Crippen LogP contribution in [0, 0.1) is 0 Å². The predicted molar refractivity (Wildman–Crippen MR) is 111 cm³/mol. The van der Waals surface area contributed by atoms with Crippen molar-refractivity contribution in [2.75, 3.05) is 33.0 Å². The zero-order valence-corrected chi connectivity index (χ0v) is 18.1. The molecule has 0 atom stereocenters. The fourth-order valence-electron chi connectivity index (χ4n) is 2.80. The molecule has 0 bridgehead atoms. The molecule has 0 fully saturated rings. The minimum absolute atomic E-state index is 0.0820. The highest BCUT2D eigenvalue weighted by atomic mass is 16.6. The lowest BCUT2D eigenvalue weighted by Gasteiger charge is -2.07. The van der Waals surface area contributed by atoms with E-state index >= 15 is 0 Å². The molecule has 0 aliphatic rings. The van der Waals surface area contributed by atoms with Crippen LogP contribution in [0.3, 0.4) is 0 Å². The third-order valence-electron chi connectivity index (χ3n) is 4.55. The maximum atomic E-state index is 11.3. The maximum absolute atomic E-state index is 11.3. The lowest BCUT2D eigenvalue weighted by atomic mass is 10.1. The molecular weight excluding hydrogens is 376 g/mol. The van der Waals surface area contributed by atoms with E-state index in [1.807, 2.05) is 0 Å². The Morgan fingerprint density at radius 1 is 0.621 bits per heavy atom. The van der Waals surface area contributed by atoms with Gasteiger partial charge in [-0.05, 0) is 6.42 Å². The predicted octanol–water partition coefficient (Wildman–Crippen LogP) is 4.31. The van der Waals surface area contributed by atoms with Crippen molar-refractivity contribution in [1.82, 2.24) is 0 Å². The summed E-state index contributed by atoms with van der Waals surface area (Å²) in [7, 11) is 0. The molecule has 0 saturated heterocycles. The van der Waals surface area contributed by atoms with E-state index in [1.54, 1.807) is 0 Å². The van der Waals surface area contributed by atoms with Crippen LogP contribution in [0.5, 0.6) is 0 Å². The lowest BCUT2D eigenvalue weighted by molar-refractivity contribution is -0.151. The third-order valence-corrected chi connectivity index (χ3v) is 4.55. The van der Waals surface area contributed by atoms with Gasteiger partial charge in [-0.3, -0.25) is 9.59 Å². The van der Waals surface area contributed by atoms with Crippen molar-refractivity contribution in [2.24, 2.45) is 0 Å². The first-order valence-corrected chi connectivity index (χ1v) is 11.1. The highest BCUT2D eigenvalue weighted by Gasteiger charge is 2.14. The first-order chi connectivity index (χ1) is 14.1. The van der Waals surface area contributed by atoms with Gasteiger partial charge in [0.05, 0.1) is 26.2 Å². The van der Waals surface area contributed by atoms with Gasteiger partial charge in [-0.2, -0.15) is 0 Å². The molecule has 0 amide bonds. The van der Waals surface area contributed by atoms with Gasteiger partial charge in [0.25, 0.3) is 0 Å². The quantitative estimate of drug-likeness (QED) is 0.159. The summed E-state index contributed by atoms with van der Waals surface area (Å²) in [6.45, 7) is 4.27. The van der Waals surface area contributed by atoms with Crippen LogP contribution in [0.25, 0.3) is 0 Å². The number of aliphatic carboxylic acids is 1. The fourth-order valence-corrected chi connectivity index (χ4v) is 2.80. The minimum Gasteiger partial charge on any atom is -0.476 e. The molecule has 0 radical (unpaired) electrons. The molecule has 0 aromatic carbocycles. The molecule has 7 heteroatoms. The van der Waals surface area contributed by atoms with Crippen LogP contribution in [0.4, 0.5) is 0 Å². The van der Waals surface area contributed by atoms with E-state index in [-0.39, 0.29) is 26.1 Å². The number of unbranched alkanes of at least 4 members (excludes halogenated alkanes) is 10. The summed E-state index contributed by atoms with van der Waals surface area (Å²) in [4.78, 5) is 32.5. The van der Waals surface area contributed by atoms with Crippen molar-refractivity contribution < 1.29 is 33.7 Å². The number of ketones is 1. The molecule has 0 unspecified atom stereocenters. The Balaban J connectivity index is 3.17. The van der Waals surface area contributed by atoms with Gasteiger partial charge in [0.2, 0.25) is 5.78 Å². The number of hydrogen-bond donors (Lipinski definition) is 1. The largest absolute Gasteiger partial charge is 0.476 e. The van der Waals surface area contributed by atoms with Crippen molar-refractivity contribution in [2.45, 2.75) is 90.4 Å². The van der Waals surface area contributed by atoms with Gasteiger partial charge in [-0.1, -0.05) is 71.1 Å². The summed E-state index contributed by atoms with van der Waals surface area (Å²) in [6, 6.07) is 0. The standard InChI is InChI=1S/C22H40O7/c1-2-3-4-5-6-7-8-9-10-11-12-15-27-16-17-28-18-19-29-21(24)14-13-20(23)22(25)26/h2-19H2,1H3,(H,25,26). The summed E-state index contributed by atoms with van der Waals surface area (Å²) in [5.74, 6) is -3.13. The number of carboxylic acid groups (broad SMARTS) is 1. The second kappa shape index (κ2) is 21.2. The fraction of sp³-hybridized carbons (Fsp3) is 0.864. The van der Waals surface area contributed by atoms with Crippen molar-refractivity contribution in [3.63, 3.8) is 0 Å². The molecule has 0 heterocycles. The van der Waals surface area contributed by atoms with Crippen LogP contribution in [-0.4, -0.2) is 55.9 Å². The number of rotatable bonds is 22. The van der Waals surface area contributed by atoms with E-state index in [0.717, 1.165) is 13.0 Å². The van der Waals surface area contributed by atoms with E-state index in [4.69, 9.17) is 19.3 Å². The van der Waals surface area contributed by atoms with Crippen LogP contribution < -0.4 is 0 Å². The number of ether oxygens (including phenoxy) is 3. The molecule has 170 valence electrons. The van der Waals surface area contributed by atoms with Gasteiger partial charge in [0, 0.05) is 13.0 Å². The minimum atomic E-state index is -1.53. The van der Waals surface area contributed by atoms with Crippen LogP contribution in [0.1, 0.15) is 90.4 Å². The number of hydrogen-bond acceptors (Lipinski definition) is 6. The summed E-state index contributed by atoms with van der Waals surface area (Å²) in [6.07, 6.45) is 13.9. The van der Waals surface area contributed by atoms with Crippen molar-refractivity contribution in [3.05, 3.63) is 0 Å². The van der Waals surface area contributed by atoms with Gasteiger partial charge < -0.3 is 19.3 Å². The van der Waals surface area contributed by atoms with Gasteiger partial charge in [-0.15, -0.1) is 0 Å². The Hall–Kier alpha value is -1.47. The average Bonchev–Trinajstić information content (AvgIpc) is 2.71. The number of carbonyl (C=O) groups is 3. The van der Waals surface area contributed by atoms with Crippen molar-refractivity contribution in [1.29, 1.82) is 0 Å². The van der Waals surface area contributed by atoms with E-state index in [2.05, 4.69) is 6.92 Å². The highest BCUT2D eigenvalue weighted by molar-refractivity contribution is 6.32. The zero-order chi connectivity index (χ0) is 21.6. The van der Waals surface area contributed by atoms with Gasteiger partial charge in [-0.25, -0.2) is 4.79 Å². The number of Topliss-reactive ketones (excluding diaryl/α,β-unsaturated/α-hetero) is 1. The zero-order valence-electron chi connectivity index (χ0n) is 18.1. The number of esters is 1. The molecule has 0 aliphatic carbocycles. The first-order valence-electron chi connectivity index (χ1n) is 11.1. The van der Waals surface area contributed by atoms with E-state index < -0.39 is 17.7 Å². The molecule has 1 N–H and O–H groups in total. The first kappa shape index (κ1) is 27.5. The molecule has 0 rings (SSSR count). The molecular formula is C22H40O7. The summed E-state index contributed by atoms with van der Waals surface area (Å²) < 4.78 is 15.6. The van der Waals surface area contributed by atoms with E-state index in [0.29, 0.717) is 13.2 Å². The topological polar surface area (TPSA) is 99.1 Å². The Bertz CT molecular complexity index is 423. The van der Waals surface area contributed by atoms with Gasteiger partial charge in [0.1, 0.15) is 6.61 Å². The normalized spacial score (nSPS) is 10.8. The van der Waals surface area contributed by atoms with Crippen LogP contribution in [-0.2, 0) is 28.6 Å². The molecule has 0 aromatic heterocycles. The number of carbonyl (C=O) groups excluding carboxylic acids is 2.